The number of benzene rings is 3. The quantitative estimate of drug-likeness (QED) is 0.170. The first-order valence-corrected chi connectivity index (χ1v) is 11.3. The van der Waals surface area contributed by atoms with Crippen LogP contribution < -0.4 is 14.9 Å². The Bertz CT molecular complexity index is 1110. The molecule has 0 heterocycles. The number of esters is 1. The molecule has 0 saturated heterocycles. The normalized spacial score (nSPS) is 10.7. The van der Waals surface area contributed by atoms with Crippen molar-refractivity contribution in [1.29, 1.82) is 0 Å². The Morgan fingerprint density at radius 1 is 0.938 bits per heavy atom. The van der Waals surface area contributed by atoms with E-state index in [2.05, 4.69) is 42.4 Å². The summed E-state index contributed by atoms with van der Waals surface area (Å²) in [5.41, 5.74) is 4.50. The maximum atomic E-state index is 12.4. The van der Waals surface area contributed by atoms with Crippen LogP contribution in [0.5, 0.6) is 11.5 Å². The number of carbonyl (C=O) groups excluding carboxylic acids is 2. The van der Waals surface area contributed by atoms with E-state index in [1.807, 2.05) is 31.2 Å². The SMILES string of the molecule is CCOc1cc(/C=N/NC(=O)Cc2ccc(Br)cc2)ccc1OC(=O)c1ccc(Br)cc1. The summed E-state index contributed by atoms with van der Waals surface area (Å²) >= 11 is 6.70. The molecule has 1 amide bonds. The van der Waals surface area contributed by atoms with Crippen molar-refractivity contribution in [2.24, 2.45) is 5.10 Å². The van der Waals surface area contributed by atoms with Crippen molar-refractivity contribution in [3.8, 4) is 11.5 Å². The lowest BCUT2D eigenvalue weighted by Gasteiger charge is -2.11. The maximum absolute atomic E-state index is 12.4. The summed E-state index contributed by atoms with van der Waals surface area (Å²) in [6, 6.07) is 19.4. The molecule has 0 aliphatic heterocycles. The van der Waals surface area contributed by atoms with Gasteiger partial charge in [0.2, 0.25) is 5.91 Å². The zero-order valence-electron chi connectivity index (χ0n) is 17.2. The van der Waals surface area contributed by atoms with E-state index in [0.717, 1.165) is 14.5 Å². The van der Waals surface area contributed by atoms with E-state index in [-0.39, 0.29) is 12.3 Å². The summed E-state index contributed by atoms with van der Waals surface area (Å²) in [5, 5.41) is 4.00. The number of hydrogen-bond donors (Lipinski definition) is 1. The fourth-order valence-corrected chi connectivity index (χ4v) is 3.24. The van der Waals surface area contributed by atoms with E-state index in [0.29, 0.717) is 29.2 Å². The molecule has 3 aromatic rings. The molecule has 0 radical (unpaired) electrons. The Labute approximate surface area is 202 Å². The van der Waals surface area contributed by atoms with E-state index < -0.39 is 5.97 Å². The summed E-state index contributed by atoms with van der Waals surface area (Å²) in [4.78, 5) is 24.5. The van der Waals surface area contributed by atoms with Crippen LogP contribution >= 0.6 is 31.9 Å². The maximum Gasteiger partial charge on any atom is 0.343 e. The smallest absolute Gasteiger partial charge is 0.343 e. The van der Waals surface area contributed by atoms with Crippen LogP contribution in [0.1, 0.15) is 28.4 Å². The first-order valence-electron chi connectivity index (χ1n) is 9.75. The first kappa shape index (κ1) is 23.7. The number of carbonyl (C=O) groups is 2. The van der Waals surface area contributed by atoms with E-state index in [1.165, 1.54) is 6.21 Å². The van der Waals surface area contributed by atoms with Gasteiger partial charge in [-0.1, -0.05) is 44.0 Å². The van der Waals surface area contributed by atoms with Crippen LogP contribution in [0.4, 0.5) is 0 Å². The second-order valence-electron chi connectivity index (χ2n) is 6.63. The van der Waals surface area contributed by atoms with Gasteiger partial charge in [-0.25, -0.2) is 10.2 Å². The van der Waals surface area contributed by atoms with Gasteiger partial charge in [0.25, 0.3) is 0 Å². The molecule has 164 valence electrons. The lowest BCUT2D eigenvalue weighted by atomic mass is 10.1. The van der Waals surface area contributed by atoms with Crippen LogP contribution in [-0.4, -0.2) is 24.7 Å². The molecule has 6 nitrogen and oxygen atoms in total. The summed E-state index contributed by atoms with van der Waals surface area (Å²) in [6.07, 6.45) is 1.72. The Balaban J connectivity index is 1.64. The van der Waals surface area contributed by atoms with Crippen LogP contribution in [0.3, 0.4) is 0 Å². The van der Waals surface area contributed by atoms with Crippen molar-refractivity contribution in [2.45, 2.75) is 13.3 Å². The second-order valence-corrected chi connectivity index (χ2v) is 8.46. The van der Waals surface area contributed by atoms with E-state index in [1.54, 1.807) is 42.5 Å². The molecule has 0 fully saturated rings. The zero-order chi connectivity index (χ0) is 22.9. The highest BCUT2D eigenvalue weighted by molar-refractivity contribution is 9.10. The number of hydrogen-bond acceptors (Lipinski definition) is 5. The number of nitrogens with zero attached hydrogens (tertiary/aromatic N) is 1. The van der Waals surface area contributed by atoms with Gasteiger partial charge in [-0.3, -0.25) is 4.79 Å². The Morgan fingerprint density at radius 3 is 2.25 bits per heavy atom. The van der Waals surface area contributed by atoms with Crippen molar-refractivity contribution in [3.05, 3.63) is 92.4 Å². The number of ether oxygens (including phenoxy) is 2. The molecular formula is C24H20Br2N2O4. The fourth-order valence-electron chi connectivity index (χ4n) is 2.71. The van der Waals surface area contributed by atoms with Gasteiger partial charge in [0, 0.05) is 8.95 Å². The minimum absolute atomic E-state index is 0.222. The first-order chi connectivity index (χ1) is 15.4. The molecule has 0 bridgehead atoms. The van der Waals surface area contributed by atoms with E-state index in [4.69, 9.17) is 9.47 Å². The molecule has 0 atom stereocenters. The van der Waals surface area contributed by atoms with Crippen LogP contribution in [0.2, 0.25) is 0 Å². The Morgan fingerprint density at radius 2 is 1.59 bits per heavy atom. The van der Waals surface area contributed by atoms with Crippen LogP contribution in [0.25, 0.3) is 0 Å². The minimum Gasteiger partial charge on any atom is -0.490 e. The highest BCUT2D eigenvalue weighted by Gasteiger charge is 2.13. The third-order valence-corrected chi connectivity index (χ3v) is 5.29. The van der Waals surface area contributed by atoms with E-state index >= 15 is 0 Å². The van der Waals surface area contributed by atoms with Crippen LogP contribution in [-0.2, 0) is 11.2 Å². The highest BCUT2D eigenvalue weighted by atomic mass is 79.9. The van der Waals surface area contributed by atoms with Gasteiger partial charge < -0.3 is 9.47 Å². The molecule has 0 aromatic heterocycles. The second kappa shape index (κ2) is 11.6. The molecule has 0 unspecified atom stereocenters. The molecule has 3 aromatic carbocycles. The van der Waals surface area contributed by atoms with Gasteiger partial charge >= 0.3 is 5.97 Å². The Kier molecular flexibility index (Phi) is 8.58. The summed E-state index contributed by atoms with van der Waals surface area (Å²) in [5.74, 6) is -0.00646. The van der Waals surface area contributed by atoms with Gasteiger partial charge in [-0.15, -0.1) is 0 Å². The van der Waals surface area contributed by atoms with Gasteiger partial charge in [0.05, 0.1) is 24.8 Å². The topological polar surface area (TPSA) is 77.0 Å². The predicted molar refractivity (Wildman–Crippen MR) is 130 cm³/mol. The average molecular weight is 560 g/mol. The standard InChI is InChI=1S/C24H20Br2N2O4/c1-2-31-22-13-17(15-27-28-23(29)14-16-3-8-19(25)9-4-16)5-12-21(22)32-24(30)18-6-10-20(26)11-7-18/h3-13,15H,2,14H2,1H3,(H,28,29)/b27-15+. The molecule has 3 rings (SSSR count). The largest absolute Gasteiger partial charge is 0.490 e. The molecule has 1 N–H and O–H groups in total. The average Bonchev–Trinajstić information content (AvgIpc) is 2.77. The van der Waals surface area contributed by atoms with Crippen molar-refractivity contribution in [1.82, 2.24) is 5.43 Å². The zero-order valence-corrected chi connectivity index (χ0v) is 20.4. The molecule has 0 aliphatic rings. The van der Waals surface area contributed by atoms with Crippen molar-refractivity contribution >= 4 is 50.0 Å². The number of nitrogens with one attached hydrogen (secondary N) is 1. The van der Waals surface area contributed by atoms with Crippen LogP contribution in [0.15, 0.2) is 80.8 Å². The lowest BCUT2D eigenvalue weighted by Crippen LogP contribution is -2.19. The minimum atomic E-state index is -0.486. The molecule has 0 saturated carbocycles. The molecule has 8 heteroatoms. The summed E-state index contributed by atoms with van der Waals surface area (Å²) in [7, 11) is 0. The third kappa shape index (κ3) is 7.03. The van der Waals surface area contributed by atoms with Gasteiger partial charge in [0.15, 0.2) is 11.5 Å². The monoisotopic (exact) mass is 558 g/mol. The number of amides is 1. The van der Waals surface area contributed by atoms with Crippen molar-refractivity contribution in [3.63, 3.8) is 0 Å². The molecule has 32 heavy (non-hydrogen) atoms. The highest BCUT2D eigenvalue weighted by Crippen LogP contribution is 2.29. The Hall–Kier alpha value is -2.97. The van der Waals surface area contributed by atoms with Crippen molar-refractivity contribution in [2.75, 3.05) is 6.61 Å². The molecular weight excluding hydrogens is 540 g/mol. The molecule has 0 aliphatic carbocycles. The third-order valence-electron chi connectivity index (χ3n) is 4.23. The van der Waals surface area contributed by atoms with Gasteiger partial charge in [0.1, 0.15) is 0 Å². The lowest BCUT2D eigenvalue weighted by molar-refractivity contribution is -0.120. The van der Waals surface area contributed by atoms with Crippen LogP contribution in [0, 0.1) is 0 Å². The number of rotatable bonds is 8. The van der Waals surface area contributed by atoms with E-state index in [9.17, 15) is 9.59 Å². The van der Waals surface area contributed by atoms with Gasteiger partial charge in [-0.05, 0) is 72.6 Å². The van der Waals surface area contributed by atoms with Crippen molar-refractivity contribution < 1.29 is 19.1 Å². The van der Waals surface area contributed by atoms with Gasteiger partial charge in [-0.2, -0.15) is 5.10 Å². The predicted octanol–water partition coefficient (Wildman–Crippen LogP) is 5.52. The molecule has 0 spiro atoms. The summed E-state index contributed by atoms with van der Waals surface area (Å²) < 4.78 is 12.9. The fraction of sp³-hybridized carbons (Fsp3) is 0.125. The summed E-state index contributed by atoms with van der Waals surface area (Å²) in [6.45, 7) is 2.23. The number of halogens is 2. The number of hydrazone groups is 1.